The minimum absolute atomic E-state index is 0.0360. The number of nitrogens with zero attached hydrogens (tertiary/aromatic N) is 1. The van der Waals surface area contributed by atoms with E-state index in [-0.39, 0.29) is 33.5 Å². The van der Waals surface area contributed by atoms with Crippen molar-refractivity contribution in [1.29, 1.82) is 0 Å². The van der Waals surface area contributed by atoms with Crippen LogP contribution in [0.4, 0.5) is 18.9 Å². The van der Waals surface area contributed by atoms with Gasteiger partial charge in [-0.05, 0) is 34.0 Å². The van der Waals surface area contributed by atoms with E-state index in [0.717, 1.165) is 17.8 Å². The van der Waals surface area contributed by atoms with Gasteiger partial charge in [0.05, 0.1) is 15.7 Å². The summed E-state index contributed by atoms with van der Waals surface area (Å²) in [7, 11) is 0. The van der Waals surface area contributed by atoms with Crippen molar-refractivity contribution in [2.24, 2.45) is 5.92 Å². The molecule has 1 fully saturated rings. The van der Waals surface area contributed by atoms with Crippen molar-refractivity contribution >= 4 is 44.4 Å². The van der Waals surface area contributed by atoms with Gasteiger partial charge in [-0.1, -0.05) is 17.8 Å². The van der Waals surface area contributed by atoms with E-state index in [0.29, 0.717) is 12.3 Å². The standard InChI is InChI=1S/C14H13BrF3NO2S/c1-8(20)22-7-9-5-12(21)19(6-9)11-4-2-3-10(13(11)15)14(16,17)18/h2-4,9H,5-7H2,1H3. The van der Waals surface area contributed by atoms with E-state index in [1.54, 1.807) is 0 Å². The molecule has 2 rings (SSSR count). The molecular weight excluding hydrogens is 383 g/mol. The van der Waals surface area contributed by atoms with Gasteiger partial charge in [-0.15, -0.1) is 0 Å². The number of amides is 1. The Morgan fingerprint density at radius 2 is 2.14 bits per heavy atom. The quantitative estimate of drug-likeness (QED) is 0.772. The van der Waals surface area contributed by atoms with Crippen LogP contribution < -0.4 is 4.90 Å². The highest BCUT2D eigenvalue weighted by Gasteiger charge is 2.37. The van der Waals surface area contributed by atoms with Gasteiger partial charge in [0.25, 0.3) is 0 Å². The van der Waals surface area contributed by atoms with Crippen LogP contribution in [0.25, 0.3) is 0 Å². The predicted molar refractivity (Wildman–Crippen MR) is 82.7 cm³/mol. The molecule has 1 atom stereocenters. The molecule has 1 aromatic rings. The lowest BCUT2D eigenvalue weighted by molar-refractivity contribution is -0.138. The zero-order valence-corrected chi connectivity index (χ0v) is 14.0. The number of hydrogen-bond acceptors (Lipinski definition) is 3. The minimum Gasteiger partial charge on any atom is -0.311 e. The number of carbonyl (C=O) groups is 2. The SMILES string of the molecule is CC(=O)SCC1CC(=O)N(c2cccc(C(F)(F)F)c2Br)C1. The van der Waals surface area contributed by atoms with Crippen molar-refractivity contribution < 1.29 is 22.8 Å². The van der Waals surface area contributed by atoms with Crippen molar-refractivity contribution in [3.8, 4) is 0 Å². The van der Waals surface area contributed by atoms with E-state index >= 15 is 0 Å². The van der Waals surface area contributed by atoms with Crippen LogP contribution in [0.1, 0.15) is 18.9 Å². The molecule has 3 nitrogen and oxygen atoms in total. The summed E-state index contributed by atoms with van der Waals surface area (Å²) in [5.74, 6) is 0.228. The van der Waals surface area contributed by atoms with Gasteiger partial charge in [-0.25, -0.2) is 0 Å². The Morgan fingerprint density at radius 3 is 2.73 bits per heavy atom. The Bertz CT molecular complexity index is 606. The molecule has 22 heavy (non-hydrogen) atoms. The maximum absolute atomic E-state index is 12.9. The Labute approximate surface area is 138 Å². The van der Waals surface area contributed by atoms with Crippen molar-refractivity contribution in [3.05, 3.63) is 28.2 Å². The summed E-state index contributed by atoms with van der Waals surface area (Å²) in [4.78, 5) is 24.4. The molecule has 120 valence electrons. The molecule has 0 aliphatic carbocycles. The average molecular weight is 396 g/mol. The molecule has 0 N–H and O–H groups in total. The van der Waals surface area contributed by atoms with E-state index in [1.165, 1.54) is 24.0 Å². The summed E-state index contributed by atoms with van der Waals surface area (Å²) in [6.07, 6.45) is -4.25. The first-order valence-corrected chi connectivity index (χ1v) is 8.27. The molecule has 0 radical (unpaired) electrons. The maximum Gasteiger partial charge on any atom is 0.417 e. The first kappa shape index (κ1) is 17.3. The topological polar surface area (TPSA) is 37.4 Å². The molecule has 1 saturated heterocycles. The molecule has 8 heteroatoms. The highest BCUT2D eigenvalue weighted by molar-refractivity contribution is 9.10. The average Bonchev–Trinajstić information content (AvgIpc) is 2.76. The summed E-state index contributed by atoms with van der Waals surface area (Å²) in [6.45, 7) is 1.77. The van der Waals surface area contributed by atoms with Gasteiger partial charge < -0.3 is 4.90 Å². The number of rotatable bonds is 3. The second-order valence-corrected chi connectivity index (χ2v) is 7.00. The Balaban J connectivity index is 2.22. The van der Waals surface area contributed by atoms with Gasteiger partial charge in [0.2, 0.25) is 5.91 Å². The fraction of sp³-hybridized carbons (Fsp3) is 0.429. The molecule has 0 aromatic heterocycles. The number of halogens is 4. The summed E-state index contributed by atoms with van der Waals surface area (Å²) in [5, 5.41) is -0.0360. The third-order valence-electron chi connectivity index (χ3n) is 3.30. The number of carbonyl (C=O) groups excluding carboxylic acids is 2. The maximum atomic E-state index is 12.9. The summed E-state index contributed by atoms with van der Waals surface area (Å²) in [6, 6.07) is 3.74. The van der Waals surface area contributed by atoms with E-state index in [2.05, 4.69) is 15.9 Å². The number of alkyl halides is 3. The second kappa shape index (κ2) is 6.62. The molecule has 1 aliphatic heterocycles. The lowest BCUT2D eigenvalue weighted by Gasteiger charge is -2.20. The van der Waals surface area contributed by atoms with Crippen LogP contribution in [-0.4, -0.2) is 23.3 Å². The zero-order valence-electron chi connectivity index (χ0n) is 11.6. The lowest BCUT2D eigenvalue weighted by atomic mass is 10.1. The first-order chi connectivity index (χ1) is 10.2. The summed E-state index contributed by atoms with van der Waals surface area (Å²) >= 11 is 4.09. The minimum atomic E-state index is -4.48. The summed E-state index contributed by atoms with van der Waals surface area (Å²) < 4.78 is 38.6. The predicted octanol–water partition coefficient (Wildman–Crippen LogP) is 4.10. The molecule has 1 amide bonds. The van der Waals surface area contributed by atoms with E-state index in [1.807, 2.05) is 0 Å². The zero-order chi connectivity index (χ0) is 16.5. The van der Waals surface area contributed by atoms with Crippen LogP contribution in [0.5, 0.6) is 0 Å². The van der Waals surface area contributed by atoms with Crippen LogP contribution >= 0.6 is 27.7 Å². The van der Waals surface area contributed by atoms with Gasteiger partial charge in [0.1, 0.15) is 0 Å². The normalized spacial score (nSPS) is 18.9. The van der Waals surface area contributed by atoms with Crippen LogP contribution in [-0.2, 0) is 15.8 Å². The molecule has 0 saturated carbocycles. The van der Waals surface area contributed by atoms with Gasteiger partial charge in [-0.2, -0.15) is 13.2 Å². The number of anilines is 1. The highest BCUT2D eigenvalue weighted by atomic mass is 79.9. The third-order valence-corrected chi connectivity index (χ3v) is 5.18. The number of thioether (sulfide) groups is 1. The Kier molecular flexibility index (Phi) is 5.21. The van der Waals surface area contributed by atoms with Crippen molar-refractivity contribution in [2.45, 2.75) is 19.5 Å². The molecule has 1 aliphatic rings. The van der Waals surface area contributed by atoms with Gasteiger partial charge >= 0.3 is 6.18 Å². The Morgan fingerprint density at radius 1 is 1.45 bits per heavy atom. The van der Waals surface area contributed by atoms with Crippen LogP contribution in [0.3, 0.4) is 0 Å². The number of benzene rings is 1. The molecule has 1 aromatic carbocycles. The highest BCUT2D eigenvalue weighted by Crippen LogP contribution is 2.41. The van der Waals surface area contributed by atoms with Gasteiger partial charge in [0.15, 0.2) is 5.12 Å². The molecule has 0 bridgehead atoms. The van der Waals surface area contributed by atoms with Crippen molar-refractivity contribution in [3.63, 3.8) is 0 Å². The fourth-order valence-electron chi connectivity index (χ4n) is 2.31. The molecule has 1 heterocycles. The van der Waals surface area contributed by atoms with Crippen molar-refractivity contribution in [1.82, 2.24) is 0 Å². The number of hydrogen-bond donors (Lipinski definition) is 0. The third kappa shape index (κ3) is 3.84. The van der Waals surface area contributed by atoms with Gasteiger partial charge in [-0.3, -0.25) is 9.59 Å². The van der Waals surface area contributed by atoms with Gasteiger partial charge in [0, 0.05) is 25.6 Å². The van der Waals surface area contributed by atoms with Crippen LogP contribution in [0, 0.1) is 5.92 Å². The molecular formula is C14H13BrF3NO2S. The Hall–Kier alpha value is -1.02. The van der Waals surface area contributed by atoms with E-state index in [9.17, 15) is 22.8 Å². The van der Waals surface area contributed by atoms with E-state index in [4.69, 9.17) is 0 Å². The first-order valence-electron chi connectivity index (χ1n) is 6.49. The van der Waals surface area contributed by atoms with E-state index < -0.39 is 11.7 Å². The van der Waals surface area contributed by atoms with Crippen LogP contribution in [0.2, 0.25) is 0 Å². The second-order valence-electron chi connectivity index (χ2n) is 5.01. The monoisotopic (exact) mass is 395 g/mol. The summed E-state index contributed by atoms with van der Waals surface area (Å²) in [5.41, 5.74) is -0.588. The molecule has 1 unspecified atom stereocenters. The lowest BCUT2D eigenvalue weighted by Crippen LogP contribution is -2.26. The van der Waals surface area contributed by atoms with Crippen molar-refractivity contribution in [2.75, 3.05) is 17.2 Å². The largest absolute Gasteiger partial charge is 0.417 e. The smallest absolute Gasteiger partial charge is 0.311 e. The molecule has 0 spiro atoms. The van der Waals surface area contributed by atoms with Crippen LogP contribution in [0.15, 0.2) is 22.7 Å². The fourth-order valence-corrected chi connectivity index (χ4v) is 3.71.